The van der Waals surface area contributed by atoms with Crippen LogP contribution in [-0.4, -0.2) is 26.3 Å². The first-order valence-corrected chi connectivity index (χ1v) is 9.97. The fraction of sp³-hybridized carbons (Fsp3) is 0.0909. The van der Waals surface area contributed by atoms with Gasteiger partial charge in [-0.25, -0.2) is 14.8 Å². The molecular weight excluding hydrogens is 400 g/mol. The van der Waals surface area contributed by atoms with Gasteiger partial charge in [0.05, 0.1) is 10.6 Å². The summed E-state index contributed by atoms with van der Waals surface area (Å²) in [5.41, 5.74) is 3.41. The van der Waals surface area contributed by atoms with Gasteiger partial charge in [-0.3, -0.25) is 14.8 Å². The Kier molecular flexibility index (Phi) is 5.16. The van der Waals surface area contributed by atoms with Gasteiger partial charge in [0.1, 0.15) is 5.56 Å². The van der Waals surface area contributed by atoms with E-state index in [9.17, 15) is 14.7 Å². The molecule has 0 saturated carbocycles. The molecule has 0 aliphatic heterocycles. The maximum Gasteiger partial charge on any atom is 0.328 e. The molecule has 2 heterocycles. The average Bonchev–Trinajstić information content (AvgIpc) is 3.12. The number of aliphatic imine (C=N–C) groups is 1. The van der Waals surface area contributed by atoms with E-state index in [0.29, 0.717) is 5.13 Å². The Morgan fingerprint density at radius 1 is 0.933 bits per heavy atom. The lowest BCUT2D eigenvalue weighted by molar-refractivity contribution is 0.447. The molecule has 0 unspecified atom stereocenters. The fourth-order valence-electron chi connectivity index (χ4n) is 2.90. The van der Waals surface area contributed by atoms with Crippen molar-refractivity contribution in [2.75, 3.05) is 0 Å². The fourth-order valence-corrected chi connectivity index (χ4v) is 3.83. The Hall–Kier alpha value is -3.78. The maximum atomic E-state index is 11.9. The Balaban J connectivity index is 1.81. The molecule has 0 aliphatic rings. The van der Waals surface area contributed by atoms with Crippen LogP contribution >= 0.6 is 11.3 Å². The number of hydrogen-bond acceptors (Lipinski definition) is 6. The van der Waals surface area contributed by atoms with Gasteiger partial charge < -0.3 is 5.11 Å². The van der Waals surface area contributed by atoms with Crippen LogP contribution in [0.25, 0.3) is 21.7 Å². The minimum absolute atomic E-state index is 0.140. The summed E-state index contributed by atoms with van der Waals surface area (Å²) in [4.78, 5) is 37.2. The van der Waals surface area contributed by atoms with Crippen LogP contribution in [-0.2, 0) is 0 Å². The molecule has 0 aliphatic carbocycles. The Bertz CT molecular complexity index is 1280. The molecule has 2 aromatic carbocycles. The standard InChI is InChI=1S/C22H18N4O3S/c1-12-3-7-14(8-4-12)17-18(15-9-5-13(2)6-10-15)30-22(24-17)23-11-16-19(27)25-21(29)26-20(16)28/h3-11H,1-2H3,(H3,25,26,27,28,29)/b23-11+. The number of aromatic amines is 2. The van der Waals surface area contributed by atoms with Gasteiger partial charge in [-0.1, -0.05) is 71.0 Å². The van der Waals surface area contributed by atoms with Crippen molar-refractivity contribution < 1.29 is 5.11 Å². The zero-order valence-electron chi connectivity index (χ0n) is 16.3. The van der Waals surface area contributed by atoms with Crippen molar-refractivity contribution in [3.05, 3.63) is 86.1 Å². The summed E-state index contributed by atoms with van der Waals surface area (Å²) < 4.78 is 0. The minimum atomic E-state index is -0.785. The molecule has 30 heavy (non-hydrogen) atoms. The van der Waals surface area contributed by atoms with Gasteiger partial charge >= 0.3 is 5.69 Å². The molecule has 4 rings (SSSR count). The van der Waals surface area contributed by atoms with Crippen molar-refractivity contribution in [2.24, 2.45) is 4.99 Å². The van der Waals surface area contributed by atoms with Crippen molar-refractivity contribution in [3.63, 3.8) is 0 Å². The van der Waals surface area contributed by atoms with Crippen LogP contribution in [0.2, 0.25) is 0 Å². The molecule has 0 saturated heterocycles. The van der Waals surface area contributed by atoms with Crippen LogP contribution in [0.5, 0.6) is 5.88 Å². The van der Waals surface area contributed by atoms with E-state index in [-0.39, 0.29) is 5.56 Å². The Morgan fingerprint density at radius 3 is 2.13 bits per heavy atom. The van der Waals surface area contributed by atoms with E-state index in [1.807, 2.05) is 62.4 Å². The zero-order valence-corrected chi connectivity index (χ0v) is 17.1. The topological polar surface area (TPSA) is 111 Å². The number of nitrogens with one attached hydrogen (secondary N) is 2. The van der Waals surface area contributed by atoms with Gasteiger partial charge in [-0.2, -0.15) is 0 Å². The highest BCUT2D eigenvalue weighted by molar-refractivity contribution is 7.19. The van der Waals surface area contributed by atoms with Gasteiger partial charge in [0, 0.05) is 11.8 Å². The highest BCUT2D eigenvalue weighted by atomic mass is 32.1. The van der Waals surface area contributed by atoms with Gasteiger partial charge in [0.25, 0.3) is 5.56 Å². The number of hydrogen-bond donors (Lipinski definition) is 3. The van der Waals surface area contributed by atoms with E-state index in [0.717, 1.165) is 32.8 Å². The van der Waals surface area contributed by atoms with Gasteiger partial charge in [-0.05, 0) is 19.4 Å². The second-order valence-electron chi connectivity index (χ2n) is 6.83. The van der Waals surface area contributed by atoms with Crippen LogP contribution in [0, 0.1) is 13.8 Å². The summed E-state index contributed by atoms with van der Waals surface area (Å²) >= 11 is 1.38. The van der Waals surface area contributed by atoms with E-state index in [4.69, 9.17) is 0 Å². The summed E-state index contributed by atoms with van der Waals surface area (Å²) in [6.45, 7) is 4.05. The minimum Gasteiger partial charge on any atom is -0.494 e. The third-order valence-electron chi connectivity index (χ3n) is 4.52. The summed E-state index contributed by atoms with van der Waals surface area (Å²) in [5.74, 6) is -0.540. The van der Waals surface area contributed by atoms with Gasteiger partial charge in [-0.15, -0.1) is 0 Å². The summed E-state index contributed by atoms with van der Waals surface area (Å²) in [6.07, 6.45) is 1.20. The first kappa shape index (κ1) is 19.5. The normalized spacial score (nSPS) is 11.3. The van der Waals surface area contributed by atoms with E-state index in [1.165, 1.54) is 17.6 Å². The molecule has 0 bridgehead atoms. The average molecular weight is 418 g/mol. The number of nitrogens with zero attached hydrogens (tertiary/aromatic N) is 2. The van der Waals surface area contributed by atoms with Gasteiger partial charge in [0.2, 0.25) is 11.0 Å². The van der Waals surface area contributed by atoms with E-state index in [1.54, 1.807) is 0 Å². The summed E-state index contributed by atoms with van der Waals surface area (Å²) in [5, 5.41) is 10.3. The molecule has 2 aromatic heterocycles. The first-order valence-electron chi connectivity index (χ1n) is 9.15. The predicted molar refractivity (Wildman–Crippen MR) is 119 cm³/mol. The van der Waals surface area contributed by atoms with E-state index < -0.39 is 17.1 Å². The Labute approximate surface area is 175 Å². The Morgan fingerprint density at radius 2 is 1.53 bits per heavy atom. The third kappa shape index (κ3) is 3.99. The van der Waals surface area contributed by atoms with Crippen LogP contribution in [0.3, 0.4) is 0 Å². The molecule has 150 valence electrons. The highest BCUT2D eigenvalue weighted by Gasteiger charge is 2.15. The van der Waals surface area contributed by atoms with Crippen molar-refractivity contribution >= 4 is 22.7 Å². The van der Waals surface area contributed by atoms with Crippen molar-refractivity contribution in [2.45, 2.75) is 13.8 Å². The number of H-pyrrole nitrogens is 2. The highest BCUT2D eigenvalue weighted by Crippen LogP contribution is 2.40. The van der Waals surface area contributed by atoms with Crippen molar-refractivity contribution in [3.8, 4) is 27.6 Å². The zero-order chi connectivity index (χ0) is 21.3. The summed E-state index contributed by atoms with van der Waals surface area (Å²) in [6, 6.07) is 16.2. The largest absolute Gasteiger partial charge is 0.494 e. The smallest absolute Gasteiger partial charge is 0.328 e. The lowest BCUT2D eigenvalue weighted by atomic mass is 10.0. The quantitative estimate of drug-likeness (QED) is 0.436. The predicted octanol–water partition coefficient (Wildman–Crippen LogP) is 3.93. The molecule has 4 aromatic rings. The molecule has 3 N–H and O–H groups in total. The van der Waals surface area contributed by atoms with Crippen molar-refractivity contribution in [1.29, 1.82) is 0 Å². The molecule has 0 spiro atoms. The first-order chi connectivity index (χ1) is 14.4. The molecule has 0 amide bonds. The maximum absolute atomic E-state index is 11.9. The summed E-state index contributed by atoms with van der Waals surface area (Å²) in [7, 11) is 0. The van der Waals surface area contributed by atoms with Crippen LogP contribution in [0.15, 0.2) is 63.1 Å². The number of aromatic nitrogens is 3. The van der Waals surface area contributed by atoms with Gasteiger partial charge in [0.15, 0.2) is 0 Å². The lowest BCUT2D eigenvalue weighted by Crippen LogP contribution is -2.24. The number of benzene rings is 2. The van der Waals surface area contributed by atoms with Crippen LogP contribution in [0.4, 0.5) is 5.13 Å². The molecule has 8 heteroatoms. The monoisotopic (exact) mass is 418 g/mol. The number of rotatable bonds is 4. The molecule has 0 radical (unpaired) electrons. The van der Waals surface area contributed by atoms with E-state index in [2.05, 4.69) is 19.9 Å². The molecule has 0 fully saturated rings. The second kappa shape index (κ2) is 7.92. The van der Waals surface area contributed by atoms with Crippen LogP contribution in [0.1, 0.15) is 16.7 Å². The number of thiazole rings is 1. The lowest BCUT2D eigenvalue weighted by Gasteiger charge is -2.04. The number of aromatic hydroxyl groups is 1. The van der Waals surface area contributed by atoms with Crippen molar-refractivity contribution in [1.82, 2.24) is 15.0 Å². The number of aryl methyl sites for hydroxylation is 2. The molecule has 0 atom stereocenters. The third-order valence-corrected chi connectivity index (χ3v) is 5.53. The van der Waals surface area contributed by atoms with Crippen LogP contribution < -0.4 is 11.2 Å². The molecule has 7 nitrogen and oxygen atoms in total. The SMILES string of the molecule is Cc1ccc(-c2nc(/N=C/c3c(O)[nH]c(=O)[nH]c3=O)sc2-c2ccc(C)cc2)cc1. The second-order valence-corrected chi connectivity index (χ2v) is 7.81. The molecular formula is C22H18N4O3S. The van der Waals surface area contributed by atoms with E-state index >= 15 is 0 Å².